The van der Waals surface area contributed by atoms with Crippen molar-refractivity contribution < 1.29 is 18.3 Å². The lowest BCUT2D eigenvalue weighted by Gasteiger charge is -2.25. The highest BCUT2D eigenvalue weighted by molar-refractivity contribution is 9.10. The molecule has 0 spiro atoms. The van der Waals surface area contributed by atoms with Gasteiger partial charge in [-0.2, -0.15) is 0 Å². The Morgan fingerprint density at radius 2 is 2.00 bits per heavy atom. The summed E-state index contributed by atoms with van der Waals surface area (Å²) in [5.74, 6) is 0.639. The van der Waals surface area contributed by atoms with Gasteiger partial charge in [0.1, 0.15) is 12.4 Å². The van der Waals surface area contributed by atoms with E-state index in [1.165, 1.54) is 0 Å². The number of hydrogen-bond acceptors (Lipinski definition) is 5. The Balaban J connectivity index is 1.81. The first-order chi connectivity index (χ1) is 9.37. The number of benzene rings is 1. The zero-order chi connectivity index (χ0) is 14.8. The predicted octanol–water partition coefficient (Wildman–Crippen LogP) is 0.918. The molecule has 1 aliphatic heterocycles. The molecule has 7 heteroatoms. The van der Waals surface area contributed by atoms with Crippen LogP contribution in [0.25, 0.3) is 0 Å². The fourth-order valence-electron chi connectivity index (χ4n) is 2.24. The van der Waals surface area contributed by atoms with E-state index in [-0.39, 0.29) is 17.5 Å². The number of likely N-dealkylation sites (N-methyl/N-ethyl adjacent to an activating group) is 1. The van der Waals surface area contributed by atoms with Crippen molar-refractivity contribution in [1.29, 1.82) is 0 Å². The molecule has 1 N–H and O–H groups in total. The van der Waals surface area contributed by atoms with Crippen LogP contribution < -0.4 is 4.74 Å². The summed E-state index contributed by atoms with van der Waals surface area (Å²) in [7, 11) is -1.30. The fourth-order valence-corrected chi connectivity index (χ4v) is 4.38. The van der Waals surface area contributed by atoms with Gasteiger partial charge in [0.2, 0.25) is 0 Å². The molecule has 1 aromatic rings. The van der Waals surface area contributed by atoms with Gasteiger partial charge in [0.15, 0.2) is 9.84 Å². The first-order valence-electron chi connectivity index (χ1n) is 6.34. The molecule has 112 valence electrons. The van der Waals surface area contributed by atoms with E-state index < -0.39 is 15.9 Å². The van der Waals surface area contributed by atoms with Gasteiger partial charge in [0.05, 0.1) is 23.7 Å². The van der Waals surface area contributed by atoms with Crippen LogP contribution in [0.4, 0.5) is 0 Å². The summed E-state index contributed by atoms with van der Waals surface area (Å²) in [6, 6.07) is 7.17. The third-order valence-electron chi connectivity index (χ3n) is 3.39. The van der Waals surface area contributed by atoms with E-state index in [0.29, 0.717) is 13.2 Å². The highest BCUT2D eigenvalue weighted by atomic mass is 79.9. The summed E-state index contributed by atoms with van der Waals surface area (Å²) in [5.41, 5.74) is 0. The minimum atomic E-state index is -3.11. The van der Waals surface area contributed by atoms with E-state index in [4.69, 9.17) is 4.74 Å². The lowest BCUT2D eigenvalue weighted by atomic mass is 10.2. The average molecular weight is 364 g/mol. The zero-order valence-corrected chi connectivity index (χ0v) is 13.6. The van der Waals surface area contributed by atoms with Gasteiger partial charge in [-0.05, 0) is 31.3 Å². The summed E-state index contributed by atoms with van der Waals surface area (Å²) in [6.07, 6.45) is -0.808. The molecule has 2 rings (SSSR count). The summed E-state index contributed by atoms with van der Waals surface area (Å²) in [4.78, 5) is 1.84. The van der Waals surface area contributed by atoms with Crippen molar-refractivity contribution in [1.82, 2.24) is 4.90 Å². The Morgan fingerprint density at radius 3 is 2.55 bits per heavy atom. The molecule has 1 aliphatic rings. The molecule has 0 bridgehead atoms. The summed E-state index contributed by atoms with van der Waals surface area (Å²) < 4.78 is 29.5. The molecule has 0 amide bonds. The van der Waals surface area contributed by atoms with Gasteiger partial charge in [-0.1, -0.05) is 15.9 Å². The van der Waals surface area contributed by atoms with Gasteiger partial charge in [-0.3, -0.25) is 4.90 Å². The summed E-state index contributed by atoms with van der Waals surface area (Å²) in [5, 5.41) is 9.78. The smallest absolute Gasteiger partial charge is 0.154 e. The van der Waals surface area contributed by atoms with Crippen molar-refractivity contribution in [2.24, 2.45) is 0 Å². The standard InChI is InChI=1S/C13H18BrNO4S/c1-15(12-8-20(17,18)9-13(12)16)6-7-19-11-4-2-10(14)3-5-11/h2-5,12-13,16H,6-9H2,1H3/t12-,13+/m1/s1. The van der Waals surface area contributed by atoms with Crippen LogP contribution in [0.5, 0.6) is 5.75 Å². The number of sulfone groups is 1. The third-order valence-corrected chi connectivity index (χ3v) is 5.61. The van der Waals surface area contributed by atoms with E-state index in [0.717, 1.165) is 10.2 Å². The average Bonchev–Trinajstić information content (AvgIpc) is 2.65. The van der Waals surface area contributed by atoms with Gasteiger partial charge in [0.25, 0.3) is 0 Å². The molecular formula is C13H18BrNO4S. The summed E-state index contributed by atoms with van der Waals surface area (Å²) in [6.45, 7) is 1.01. The Morgan fingerprint density at radius 1 is 1.35 bits per heavy atom. The molecule has 1 aromatic carbocycles. The highest BCUT2D eigenvalue weighted by Gasteiger charge is 2.38. The quantitative estimate of drug-likeness (QED) is 0.842. The highest BCUT2D eigenvalue weighted by Crippen LogP contribution is 2.18. The van der Waals surface area contributed by atoms with E-state index in [1.54, 1.807) is 7.05 Å². The number of halogens is 1. The van der Waals surface area contributed by atoms with Crippen LogP contribution in [0.15, 0.2) is 28.7 Å². The SMILES string of the molecule is CN(CCOc1ccc(Br)cc1)[C@@H]1CS(=O)(=O)C[C@@H]1O. The number of nitrogens with zero attached hydrogens (tertiary/aromatic N) is 1. The number of rotatable bonds is 5. The maximum atomic E-state index is 11.5. The predicted molar refractivity (Wildman–Crippen MR) is 80.7 cm³/mol. The molecule has 0 unspecified atom stereocenters. The third kappa shape index (κ3) is 4.18. The van der Waals surface area contributed by atoms with Gasteiger partial charge < -0.3 is 9.84 Å². The zero-order valence-electron chi connectivity index (χ0n) is 11.2. The number of aliphatic hydroxyl groups is 1. The van der Waals surface area contributed by atoms with E-state index in [9.17, 15) is 13.5 Å². The largest absolute Gasteiger partial charge is 0.492 e. The molecule has 1 saturated heterocycles. The Labute approximate surface area is 127 Å². The molecule has 2 atom stereocenters. The second-order valence-corrected chi connectivity index (χ2v) is 8.06. The van der Waals surface area contributed by atoms with Crippen LogP contribution in [-0.2, 0) is 9.84 Å². The van der Waals surface area contributed by atoms with Crippen LogP contribution in [0.1, 0.15) is 0 Å². The van der Waals surface area contributed by atoms with Crippen molar-refractivity contribution in [3.05, 3.63) is 28.7 Å². The van der Waals surface area contributed by atoms with E-state index in [1.807, 2.05) is 29.2 Å². The second-order valence-electron chi connectivity index (χ2n) is 4.99. The lowest BCUT2D eigenvalue weighted by molar-refractivity contribution is 0.0903. The fraction of sp³-hybridized carbons (Fsp3) is 0.538. The molecule has 0 aromatic heterocycles. The van der Waals surface area contributed by atoms with Crippen LogP contribution in [-0.4, -0.2) is 62.3 Å². The molecule has 0 saturated carbocycles. The molecule has 0 radical (unpaired) electrons. The molecule has 5 nitrogen and oxygen atoms in total. The number of aliphatic hydroxyl groups excluding tert-OH is 1. The van der Waals surface area contributed by atoms with Crippen LogP contribution in [0.2, 0.25) is 0 Å². The maximum Gasteiger partial charge on any atom is 0.154 e. The first-order valence-corrected chi connectivity index (χ1v) is 8.96. The van der Waals surface area contributed by atoms with Crippen molar-refractivity contribution in [3.8, 4) is 5.75 Å². The molecule has 1 heterocycles. The maximum absolute atomic E-state index is 11.5. The first kappa shape index (κ1) is 15.8. The van der Waals surface area contributed by atoms with E-state index in [2.05, 4.69) is 15.9 Å². The Bertz CT molecular complexity index is 546. The van der Waals surface area contributed by atoms with Gasteiger partial charge in [-0.15, -0.1) is 0 Å². The summed E-state index contributed by atoms with van der Waals surface area (Å²) >= 11 is 3.35. The molecule has 1 fully saturated rings. The molecule has 0 aliphatic carbocycles. The van der Waals surface area contributed by atoms with Crippen LogP contribution in [0.3, 0.4) is 0 Å². The van der Waals surface area contributed by atoms with Gasteiger partial charge in [-0.25, -0.2) is 8.42 Å². The molecule has 20 heavy (non-hydrogen) atoms. The van der Waals surface area contributed by atoms with Crippen LogP contribution in [0, 0.1) is 0 Å². The van der Waals surface area contributed by atoms with Crippen molar-refractivity contribution in [3.63, 3.8) is 0 Å². The molecular weight excluding hydrogens is 346 g/mol. The van der Waals surface area contributed by atoms with Crippen molar-refractivity contribution in [2.45, 2.75) is 12.1 Å². The lowest BCUT2D eigenvalue weighted by Crippen LogP contribution is -2.42. The number of hydrogen-bond donors (Lipinski definition) is 1. The van der Waals surface area contributed by atoms with E-state index >= 15 is 0 Å². The topological polar surface area (TPSA) is 66.8 Å². The normalized spacial score (nSPS) is 25.0. The van der Waals surface area contributed by atoms with Crippen molar-refractivity contribution in [2.75, 3.05) is 31.7 Å². The minimum Gasteiger partial charge on any atom is -0.492 e. The van der Waals surface area contributed by atoms with Crippen LogP contribution >= 0.6 is 15.9 Å². The Kier molecular flexibility index (Phi) is 5.06. The van der Waals surface area contributed by atoms with Crippen molar-refractivity contribution >= 4 is 25.8 Å². The van der Waals surface area contributed by atoms with Gasteiger partial charge >= 0.3 is 0 Å². The number of ether oxygens (including phenoxy) is 1. The van der Waals surface area contributed by atoms with Gasteiger partial charge in [0, 0.05) is 11.0 Å². The second kappa shape index (κ2) is 6.43. The Hall–Kier alpha value is -0.630. The monoisotopic (exact) mass is 363 g/mol. The minimum absolute atomic E-state index is 0.0168.